The lowest BCUT2D eigenvalue weighted by Gasteiger charge is -2.36. The summed E-state index contributed by atoms with van der Waals surface area (Å²) < 4.78 is 0. The SMILES string of the molecule is Cc1ccc(CN2CC([N+](=O)[O-])=C3NCC(Cc4ccc(Cl)nc4)N3C2)cc1. The highest BCUT2D eigenvalue weighted by Crippen LogP contribution is 2.27. The van der Waals surface area contributed by atoms with E-state index in [2.05, 4.69) is 51.3 Å². The minimum Gasteiger partial charge on any atom is -0.364 e. The van der Waals surface area contributed by atoms with Crippen LogP contribution in [0.5, 0.6) is 0 Å². The van der Waals surface area contributed by atoms with Gasteiger partial charge in [-0.2, -0.15) is 0 Å². The van der Waals surface area contributed by atoms with Gasteiger partial charge in [0.25, 0.3) is 5.70 Å². The van der Waals surface area contributed by atoms with Crippen molar-refractivity contribution in [2.75, 3.05) is 19.8 Å². The van der Waals surface area contributed by atoms with Gasteiger partial charge in [0, 0.05) is 19.3 Å². The molecule has 2 aliphatic rings. The standard InChI is InChI=1S/C20H22ClN5O2/c1-14-2-4-15(5-3-14)11-24-12-18(26(27)28)20-23-10-17(25(20)13-24)8-16-6-7-19(21)22-9-16/h2-7,9,17,23H,8,10-13H2,1H3. The van der Waals surface area contributed by atoms with Crippen LogP contribution in [0.1, 0.15) is 16.7 Å². The molecule has 3 heterocycles. The van der Waals surface area contributed by atoms with Crippen molar-refractivity contribution in [3.05, 3.63) is 86.1 Å². The number of rotatable bonds is 5. The third-order valence-corrected chi connectivity index (χ3v) is 5.46. The van der Waals surface area contributed by atoms with Crippen LogP contribution in [-0.4, -0.2) is 45.5 Å². The van der Waals surface area contributed by atoms with Crippen molar-refractivity contribution in [2.24, 2.45) is 0 Å². The maximum Gasteiger partial charge on any atom is 0.299 e. The minimum absolute atomic E-state index is 0.133. The van der Waals surface area contributed by atoms with Crippen LogP contribution in [0, 0.1) is 17.0 Å². The van der Waals surface area contributed by atoms with Gasteiger partial charge in [0.2, 0.25) is 0 Å². The van der Waals surface area contributed by atoms with E-state index in [0.717, 1.165) is 17.5 Å². The van der Waals surface area contributed by atoms with E-state index in [9.17, 15) is 10.1 Å². The second-order valence-electron chi connectivity index (χ2n) is 7.36. The number of hydrogen-bond acceptors (Lipinski definition) is 6. The molecule has 0 radical (unpaired) electrons. The molecule has 1 unspecified atom stereocenters. The normalized spacial score (nSPS) is 19.5. The molecule has 7 nitrogen and oxygen atoms in total. The van der Waals surface area contributed by atoms with Crippen molar-refractivity contribution in [3.63, 3.8) is 0 Å². The summed E-state index contributed by atoms with van der Waals surface area (Å²) in [6, 6.07) is 12.2. The Morgan fingerprint density at radius 2 is 2.00 bits per heavy atom. The van der Waals surface area contributed by atoms with E-state index in [1.165, 1.54) is 5.56 Å². The van der Waals surface area contributed by atoms with Crippen molar-refractivity contribution < 1.29 is 4.92 Å². The summed E-state index contributed by atoms with van der Waals surface area (Å²) in [4.78, 5) is 19.8. The molecule has 4 rings (SSSR count). The van der Waals surface area contributed by atoms with Crippen LogP contribution < -0.4 is 5.32 Å². The zero-order valence-electron chi connectivity index (χ0n) is 15.6. The highest BCUT2D eigenvalue weighted by atomic mass is 35.5. The summed E-state index contributed by atoms with van der Waals surface area (Å²) in [7, 11) is 0. The number of halogens is 1. The number of nitro groups is 1. The fraction of sp³-hybridized carbons (Fsp3) is 0.350. The molecule has 28 heavy (non-hydrogen) atoms. The van der Waals surface area contributed by atoms with Gasteiger partial charge < -0.3 is 10.2 Å². The molecule has 1 aromatic carbocycles. The molecule has 0 saturated carbocycles. The fourth-order valence-corrected chi connectivity index (χ4v) is 3.91. The minimum atomic E-state index is -0.261. The average molecular weight is 400 g/mol. The molecule has 146 valence electrons. The van der Waals surface area contributed by atoms with Crippen LogP contribution in [0.3, 0.4) is 0 Å². The molecule has 1 aromatic heterocycles. The molecule has 1 N–H and O–H groups in total. The smallest absolute Gasteiger partial charge is 0.299 e. The van der Waals surface area contributed by atoms with Gasteiger partial charge in [-0.15, -0.1) is 0 Å². The predicted molar refractivity (Wildman–Crippen MR) is 107 cm³/mol. The second kappa shape index (κ2) is 7.77. The number of pyridine rings is 1. The fourth-order valence-electron chi connectivity index (χ4n) is 3.80. The Kier molecular flexibility index (Phi) is 5.19. The first-order valence-corrected chi connectivity index (χ1v) is 9.64. The van der Waals surface area contributed by atoms with Crippen molar-refractivity contribution in [1.82, 2.24) is 20.1 Å². The lowest BCUT2D eigenvalue weighted by Crippen LogP contribution is -2.47. The largest absolute Gasteiger partial charge is 0.364 e. The Balaban J connectivity index is 1.54. The summed E-state index contributed by atoms with van der Waals surface area (Å²) in [5, 5.41) is 15.4. The summed E-state index contributed by atoms with van der Waals surface area (Å²) in [5.74, 6) is 0.650. The number of nitrogens with zero attached hydrogens (tertiary/aromatic N) is 4. The summed E-state index contributed by atoms with van der Waals surface area (Å²) in [6.07, 6.45) is 2.52. The van der Waals surface area contributed by atoms with E-state index in [-0.39, 0.29) is 16.7 Å². The number of benzene rings is 1. The van der Waals surface area contributed by atoms with E-state index >= 15 is 0 Å². The molecule has 2 aliphatic heterocycles. The molecule has 1 fully saturated rings. The van der Waals surface area contributed by atoms with Crippen molar-refractivity contribution >= 4 is 11.6 Å². The molecular formula is C20H22ClN5O2. The Hall–Kier alpha value is -2.64. The third-order valence-electron chi connectivity index (χ3n) is 5.24. The molecule has 0 aliphatic carbocycles. The van der Waals surface area contributed by atoms with Crippen LogP contribution >= 0.6 is 11.6 Å². The van der Waals surface area contributed by atoms with Gasteiger partial charge in [-0.05, 0) is 30.5 Å². The summed E-state index contributed by atoms with van der Waals surface area (Å²) >= 11 is 5.88. The molecule has 0 spiro atoms. The topological polar surface area (TPSA) is 74.5 Å². The number of hydrogen-bond donors (Lipinski definition) is 1. The molecule has 0 bridgehead atoms. The average Bonchev–Trinajstić information content (AvgIpc) is 3.07. The first-order valence-electron chi connectivity index (χ1n) is 9.26. The van der Waals surface area contributed by atoms with Crippen LogP contribution in [0.15, 0.2) is 54.1 Å². The van der Waals surface area contributed by atoms with Crippen molar-refractivity contribution in [3.8, 4) is 0 Å². The van der Waals surface area contributed by atoms with Gasteiger partial charge in [0.15, 0.2) is 5.82 Å². The third kappa shape index (κ3) is 3.95. The number of fused-ring (bicyclic) bond motifs is 1. The van der Waals surface area contributed by atoms with Gasteiger partial charge in [0.1, 0.15) is 5.15 Å². The van der Waals surface area contributed by atoms with Crippen LogP contribution in [0.25, 0.3) is 0 Å². The Morgan fingerprint density at radius 1 is 1.25 bits per heavy atom. The van der Waals surface area contributed by atoms with Crippen molar-refractivity contribution in [1.29, 1.82) is 0 Å². The summed E-state index contributed by atoms with van der Waals surface area (Å²) in [5.41, 5.74) is 3.66. The van der Waals surface area contributed by atoms with E-state index in [1.807, 2.05) is 6.07 Å². The van der Waals surface area contributed by atoms with Crippen molar-refractivity contribution in [2.45, 2.75) is 25.9 Å². The zero-order chi connectivity index (χ0) is 19.7. The highest BCUT2D eigenvalue weighted by molar-refractivity contribution is 6.29. The first-order chi connectivity index (χ1) is 13.5. The van der Waals surface area contributed by atoms with Gasteiger partial charge >= 0.3 is 0 Å². The van der Waals surface area contributed by atoms with E-state index in [0.29, 0.717) is 37.3 Å². The molecule has 0 amide bonds. The van der Waals surface area contributed by atoms with Gasteiger partial charge in [-0.1, -0.05) is 47.5 Å². The number of aromatic nitrogens is 1. The highest BCUT2D eigenvalue weighted by Gasteiger charge is 2.40. The zero-order valence-corrected chi connectivity index (χ0v) is 16.4. The number of nitrogens with one attached hydrogen (secondary N) is 1. The predicted octanol–water partition coefficient (Wildman–Crippen LogP) is 2.78. The molecule has 2 aromatic rings. The lowest BCUT2D eigenvalue weighted by molar-refractivity contribution is -0.432. The maximum absolute atomic E-state index is 11.7. The van der Waals surface area contributed by atoms with E-state index in [1.54, 1.807) is 12.3 Å². The van der Waals surface area contributed by atoms with Gasteiger partial charge in [0.05, 0.1) is 24.2 Å². The summed E-state index contributed by atoms with van der Waals surface area (Å²) in [6.45, 7) is 4.38. The molecular weight excluding hydrogens is 378 g/mol. The van der Waals surface area contributed by atoms with Crippen LogP contribution in [-0.2, 0) is 13.0 Å². The molecule has 1 saturated heterocycles. The Bertz CT molecular complexity index is 898. The Labute approximate surface area is 168 Å². The van der Waals surface area contributed by atoms with Gasteiger partial charge in [-0.25, -0.2) is 4.98 Å². The first kappa shape index (κ1) is 18.7. The maximum atomic E-state index is 11.7. The quantitative estimate of drug-likeness (QED) is 0.473. The van der Waals surface area contributed by atoms with Gasteiger partial charge in [-0.3, -0.25) is 15.0 Å². The molecule has 8 heteroatoms. The number of aryl methyl sites for hydroxylation is 1. The Morgan fingerprint density at radius 3 is 2.68 bits per heavy atom. The van der Waals surface area contributed by atoms with E-state index in [4.69, 9.17) is 11.6 Å². The molecule has 1 atom stereocenters. The van der Waals surface area contributed by atoms with Crippen LogP contribution in [0.4, 0.5) is 0 Å². The monoisotopic (exact) mass is 399 g/mol. The van der Waals surface area contributed by atoms with Crippen LogP contribution in [0.2, 0.25) is 5.15 Å². The lowest BCUT2D eigenvalue weighted by atomic mass is 10.1. The van der Waals surface area contributed by atoms with E-state index < -0.39 is 0 Å². The second-order valence-corrected chi connectivity index (χ2v) is 7.75.